The van der Waals surface area contributed by atoms with E-state index in [1.165, 1.54) is 4.40 Å². The van der Waals surface area contributed by atoms with Crippen LogP contribution < -0.4 is 5.69 Å². The first-order chi connectivity index (χ1) is 8.66. The maximum atomic E-state index is 11.8. The normalized spacial score (nSPS) is 15.6. The molecule has 1 aliphatic carbocycles. The lowest BCUT2D eigenvalue weighted by Gasteiger charge is -2.04. The number of H-pyrrole nitrogens is 1. The highest BCUT2D eigenvalue weighted by molar-refractivity contribution is 5.96. The number of hydrogen-bond donors (Lipinski definition) is 2. The molecule has 0 saturated heterocycles. The number of aromatic nitrogens is 3. The summed E-state index contributed by atoms with van der Waals surface area (Å²) in [4.78, 5) is 29.8. The summed E-state index contributed by atoms with van der Waals surface area (Å²) < 4.78 is 1.39. The van der Waals surface area contributed by atoms with Gasteiger partial charge >= 0.3 is 11.7 Å². The SMILES string of the molecule is O=C(O)C1=C(c2nc3cccn3c(=O)[nH]2)CCC1. The van der Waals surface area contributed by atoms with E-state index in [1.807, 2.05) is 0 Å². The molecule has 0 fully saturated rings. The summed E-state index contributed by atoms with van der Waals surface area (Å²) in [6.45, 7) is 0. The van der Waals surface area contributed by atoms with Gasteiger partial charge in [-0.05, 0) is 31.4 Å². The third-order valence-electron chi connectivity index (χ3n) is 3.16. The van der Waals surface area contributed by atoms with Gasteiger partial charge < -0.3 is 5.11 Å². The second kappa shape index (κ2) is 3.83. The molecular weight excluding hydrogens is 234 g/mol. The Morgan fingerprint density at radius 2 is 2.28 bits per heavy atom. The van der Waals surface area contributed by atoms with Crippen LogP contribution in [-0.2, 0) is 4.79 Å². The van der Waals surface area contributed by atoms with E-state index in [9.17, 15) is 9.59 Å². The molecule has 0 unspecified atom stereocenters. The molecule has 0 bridgehead atoms. The Morgan fingerprint density at radius 1 is 1.44 bits per heavy atom. The van der Waals surface area contributed by atoms with Crippen molar-refractivity contribution in [3.63, 3.8) is 0 Å². The summed E-state index contributed by atoms with van der Waals surface area (Å²) >= 11 is 0. The van der Waals surface area contributed by atoms with Crippen molar-refractivity contribution in [2.45, 2.75) is 19.3 Å². The van der Waals surface area contributed by atoms with E-state index in [0.29, 0.717) is 35.5 Å². The lowest BCUT2D eigenvalue weighted by Crippen LogP contribution is -2.19. The highest BCUT2D eigenvalue weighted by atomic mass is 16.4. The van der Waals surface area contributed by atoms with Crippen LogP contribution in [0, 0.1) is 0 Å². The number of carbonyl (C=O) groups is 1. The smallest absolute Gasteiger partial charge is 0.332 e. The molecule has 3 rings (SSSR count). The lowest BCUT2D eigenvalue weighted by atomic mass is 10.1. The van der Waals surface area contributed by atoms with Crippen LogP contribution in [0.1, 0.15) is 25.1 Å². The van der Waals surface area contributed by atoms with E-state index in [-0.39, 0.29) is 5.69 Å². The minimum absolute atomic E-state index is 0.302. The zero-order valence-electron chi connectivity index (χ0n) is 9.51. The first kappa shape index (κ1) is 10.8. The highest BCUT2D eigenvalue weighted by Crippen LogP contribution is 2.31. The summed E-state index contributed by atoms with van der Waals surface area (Å²) in [6.07, 6.45) is 3.57. The second-order valence-corrected chi connectivity index (χ2v) is 4.24. The van der Waals surface area contributed by atoms with Crippen molar-refractivity contribution in [1.29, 1.82) is 0 Å². The van der Waals surface area contributed by atoms with Crippen LogP contribution >= 0.6 is 0 Å². The summed E-state index contributed by atoms with van der Waals surface area (Å²) in [6, 6.07) is 3.44. The van der Waals surface area contributed by atoms with Gasteiger partial charge in [0.2, 0.25) is 0 Å². The van der Waals surface area contributed by atoms with Crippen molar-refractivity contribution in [3.8, 4) is 0 Å². The van der Waals surface area contributed by atoms with Crippen LogP contribution in [0.5, 0.6) is 0 Å². The maximum Gasteiger partial charge on any atom is 0.332 e. The van der Waals surface area contributed by atoms with Gasteiger partial charge in [0, 0.05) is 17.3 Å². The first-order valence-corrected chi connectivity index (χ1v) is 5.70. The fourth-order valence-electron chi connectivity index (χ4n) is 2.32. The van der Waals surface area contributed by atoms with Gasteiger partial charge in [-0.1, -0.05) is 0 Å². The number of hydrogen-bond acceptors (Lipinski definition) is 3. The van der Waals surface area contributed by atoms with Gasteiger partial charge in [-0.3, -0.25) is 9.38 Å². The number of nitrogens with one attached hydrogen (secondary N) is 1. The van der Waals surface area contributed by atoms with Crippen molar-refractivity contribution in [2.75, 3.05) is 0 Å². The molecule has 6 heteroatoms. The maximum absolute atomic E-state index is 11.8. The van der Waals surface area contributed by atoms with Crippen molar-refractivity contribution in [1.82, 2.24) is 14.4 Å². The molecule has 0 spiro atoms. The van der Waals surface area contributed by atoms with E-state index >= 15 is 0 Å². The molecule has 18 heavy (non-hydrogen) atoms. The van der Waals surface area contributed by atoms with Crippen molar-refractivity contribution in [2.24, 2.45) is 0 Å². The van der Waals surface area contributed by atoms with E-state index in [4.69, 9.17) is 5.11 Å². The minimum atomic E-state index is -0.930. The molecule has 0 radical (unpaired) electrons. The average molecular weight is 245 g/mol. The molecule has 1 aliphatic rings. The van der Waals surface area contributed by atoms with Crippen molar-refractivity contribution < 1.29 is 9.90 Å². The fourth-order valence-corrected chi connectivity index (χ4v) is 2.32. The number of carboxylic acids is 1. The van der Waals surface area contributed by atoms with Gasteiger partial charge in [-0.25, -0.2) is 14.6 Å². The molecule has 0 aromatic carbocycles. The number of carboxylic acid groups (broad SMARTS) is 1. The molecule has 92 valence electrons. The third kappa shape index (κ3) is 1.54. The van der Waals surface area contributed by atoms with E-state index in [2.05, 4.69) is 9.97 Å². The Hall–Kier alpha value is -2.37. The van der Waals surface area contributed by atoms with Gasteiger partial charge in [0.1, 0.15) is 11.5 Å². The Bertz CT molecular complexity index is 723. The van der Waals surface area contributed by atoms with Gasteiger partial charge in [-0.15, -0.1) is 0 Å². The lowest BCUT2D eigenvalue weighted by molar-refractivity contribution is -0.132. The van der Waals surface area contributed by atoms with Crippen molar-refractivity contribution in [3.05, 3.63) is 40.2 Å². The molecule has 0 aliphatic heterocycles. The number of fused-ring (bicyclic) bond motifs is 1. The molecule has 2 heterocycles. The Balaban J connectivity index is 2.23. The zero-order chi connectivity index (χ0) is 12.7. The molecular formula is C12H11N3O3. The predicted octanol–water partition coefficient (Wildman–Crippen LogP) is 1.04. The fraction of sp³-hybridized carbons (Fsp3) is 0.250. The number of rotatable bonds is 2. The van der Waals surface area contributed by atoms with Crippen LogP contribution in [0.15, 0.2) is 28.7 Å². The van der Waals surface area contributed by atoms with Crippen LogP contribution in [0.4, 0.5) is 0 Å². The summed E-state index contributed by atoms with van der Waals surface area (Å²) in [5.74, 6) is -0.554. The second-order valence-electron chi connectivity index (χ2n) is 4.24. The highest BCUT2D eigenvalue weighted by Gasteiger charge is 2.23. The number of nitrogens with zero attached hydrogens (tertiary/aromatic N) is 2. The van der Waals surface area contributed by atoms with E-state index in [1.54, 1.807) is 18.3 Å². The number of aliphatic carboxylic acids is 1. The van der Waals surface area contributed by atoms with Gasteiger partial charge in [-0.2, -0.15) is 0 Å². The predicted molar refractivity (Wildman–Crippen MR) is 64.2 cm³/mol. The topological polar surface area (TPSA) is 87.5 Å². The molecule has 2 aromatic heterocycles. The zero-order valence-corrected chi connectivity index (χ0v) is 9.51. The first-order valence-electron chi connectivity index (χ1n) is 5.70. The minimum Gasteiger partial charge on any atom is -0.478 e. The summed E-state index contributed by atoms with van der Waals surface area (Å²) in [5.41, 5.74) is 1.22. The van der Waals surface area contributed by atoms with E-state index in [0.717, 1.165) is 6.42 Å². The molecule has 6 nitrogen and oxygen atoms in total. The summed E-state index contributed by atoms with van der Waals surface area (Å²) in [5, 5.41) is 9.10. The van der Waals surface area contributed by atoms with Crippen LogP contribution in [0.3, 0.4) is 0 Å². The number of aromatic amines is 1. The summed E-state index contributed by atoms with van der Waals surface area (Å²) in [7, 11) is 0. The van der Waals surface area contributed by atoms with Crippen LogP contribution in [0.2, 0.25) is 0 Å². The monoisotopic (exact) mass is 245 g/mol. The Kier molecular flexibility index (Phi) is 2.29. The van der Waals surface area contributed by atoms with E-state index < -0.39 is 5.97 Å². The molecule has 0 saturated carbocycles. The Morgan fingerprint density at radius 3 is 3.06 bits per heavy atom. The quantitative estimate of drug-likeness (QED) is 0.827. The van der Waals surface area contributed by atoms with Gasteiger partial charge in [0.05, 0.1) is 0 Å². The molecule has 2 aromatic rings. The number of allylic oxidation sites excluding steroid dienone is 1. The van der Waals surface area contributed by atoms with Gasteiger partial charge in [0.25, 0.3) is 0 Å². The third-order valence-corrected chi connectivity index (χ3v) is 3.16. The largest absolute Gasteiger partial charge is 0.478 e. The Labute approximate surface area is 102 Å². The van der Waals surface area contributed by atoms with Crippen LogP contribution in [-0.4, -0.2) is 25.4 Å². The molecule has 0 amide bonds. The standard InChI is InChI=1S/C12H11N3O3/c16-11(17)8-4-1-3-7(8)10-13-9-5-2-6-15(9)12(18)14-10/h2,5-6H,1,3-4H2,(H,16,17)(H,13,14,18). The molecule has 0 atom stereocenters. The molecule has 2 N–H and O–H groups in total. The van der Waals surface area contributed by atoms with Crippen LogP contribution in [0.25, 0.3) is 11.2 Å². The average Bonchev–Trinajstić information content (AvgIpc) is 2.97. The van der Waals surface area contributed by atoms with Gasteiger partial charge in [0.15, 0.2) is 0 Å². The van der Waals surface area contributed by atoms with Crippen molar-refractivity contribution >= 4 is 17.2 Å².